The van der Waals surface area contributed by atoms with E-state index in [-0.39, 0.29) is 18.6 Å². The molecule has 1 aliphatic heterocycles. The minimum absolute atomic E-state index is 0.0979. The van der Waals surface area contributed by atoms with Gasteiger partial charge < -0.3 is 20.1 Å². The van der Waals surface area contributed by atoms with Gasteiger partial charge in [-0.3, -0.25) is 4.79 Å². The molecule has 110 valence electrons. The third kappa shape index (κ3) is 3.26. The Morgan fingerprint density at radius 3 is 2.90 bits per heavy atom. The molecule has 1 unspecified atom stereocenters. The molecule has 6 heteroatoms. The Bertz CT molecular complexity index is 473. The zero-order valence-electron chi connectivity index (χ0n) is 12.1. The molecular formula is C14H21N3O3. The molecule has 0 aliphatic carbocycles. The summed E-state index contributed by atoms with van der Waals surface area (Å²) in [5.74, 6) is -0.137. The number of aliphatic hydroxyl groups excluding tert-OH is 1. The van der Waals surface area contributed by atoms with Crippen molar-refractivity contribution in [2.75, 3.05) is 32.1 Å². The number of hydrogen-bond donors (Lipinski definition) is 2. The summed E-state index contributed by atoms with van der Waals surface area (Å²) in [4.78, 5) is 18.3. The average molecular weight is 279 g/mol. The number of carbonyl (C=O) groups excluding carboxylic acids is 1. The van der Waals surface area contributed by atoms with E-state index in [0.29, 0.717) is 18.8 Å². The Balaban J connectivity index is 2.14. The summed E-state index contributed by atoms with van der Waals surface area (Å²) in [6.45, 7) is 4.59. The predicted molar refractivity (Wildman–Crippen MR) is 75.7 cm³/mol. The van der Waals surface area contributed by atoms with Crippen LogP contribution in [0.15, 0.2) is 18.3 Å². The number of nitrogens with zero attached hydrogens (tertiary/aromatic N) is 2. The van der Waals surface area contributed by atoms with E-state index in [1.807, 2.05) is 19.9 Å². The van der Waals surface area contributed by atoms with Crippen LogP contribution in [0.25, 0.3) is 0 Å². The molecule has 1 aromatic heterocycles. The van der Waals surface area contributed by atoms with Gasteiger partial charge in [-0.25, -0.2) is 4.98 Å². The van der Waals surface area contributed by atoms with Crippen LogP contribution in [0.4, 0.5) is 5.69 Å². The number of aliphatic hydroxyl groups is 1. The average Bonchev–Trinajstić information content (AvgIpc) is 2.44. The van der Waals surface area contributed by atoms with Crippen molar-refractivity contribution in [2.45, 2.75) is 25.6 Å². The number of anilines is 1. The number of aromatic nitrogens is 1. The lowest BCUT2D eigenvalue weighted by Crippen LogP contribution is -2.55. The number of hydrogen-bond acceptors (Lipinski definition) is 5. The van der Waals surface area contributed by atoms with Gasteiger partial charge in [-0.15, -0.1) is 0 Å². The van der Waals surface area contributed by atoms with Gasteiger partial charge in [-0.05, 0) is 26.0 Å². The number of rotatable bonds is 3. The number of nitrogens with one attached hydrogen (secondary N) is 1. The Kier molecular flexibility index (Phi) is 4.25. The van der Waals surface area contributed by atoms with Crippen molar-refractivity contribution in [3.63, 3.8) is 0 Å². The molecule has 0 aromatic carbocycles. The Hall–Kier alpha value is -1.66. The third-order valence-corrected chi connectivity index (χ3v) is 3.24. The second kappa shape index (κ2) is 5.76. The molecule has 1 aromatic rings. The van der Waals surface area contributed by atoms with Gasteiger partial charge in [0.1, 0.15) is 5.69 Å². The van der Waals surface area contributed by atoms with Crippen LogP contribution in [0.1, 0.15) is 24.3 Å². The number of pyridine rings is 1. The van der Waals surface area contributed by atoms with E-state index in [9.17, 15) is 9.90 Å². The molecule has 0 radical (unpaired) electrons. The van der Waals surface area contributed by atoms with Crippen molar-refractivity contribution in [1.29, 1.82) is 0 Å². The third-order valence-electron chi connectivity index (χ3n) is 3.24. The standard InChI is InChI=1S/C14H21N3O3/c1-14(2)9-17(7-11(8-18)20-14)13(19)12-5-4-10(15-3)6-16-12/h4-6,11,15,18H,7-9H2,1-3H3. The van der Waals surface area contributed by atoms with Crippen molar-refractivity contribution >= 4 is 11.6 Å². The van der Waals surface area contributed by atoms with Crippen LogP contribution < -0.4 is 5.32 Å². The van der Waals surface area contributed by atoms with Crippen LogP contribution >= 0.6 is 0 Å². The van der Waals surface area contributed by atoms with Crippen LogP contribution in [-0.2, 0) is 4.74 Å². The maximum absolute atomic E-state index is 12.5. The van der Waals surface area contributed by atoms with Crippen LogP contribution in [0.5, 0.6) is 0 Å². The summed E-state index contributed by atoms with van der Waals surface area (Å²) in [5, 5.41) is 12.2. The van der Waals surface area contributed by atoms with Crippen molar-refractivity contribution in [3.8, 4) is 0 Å². The quantitative estimate of drug-likeness (QED) is 0.853. The molecule has 0 spiro atoms. The highest BCUT2D eigenvalue weighted by molar-refractivity contribution is 5.92. The lowest BCUT2D eigenvalue weighted by Gasteiger charge is -2.42. The zero-order chi connectivity index (χ0) is 14.8. The molecule has 1 atom stereocenters. The molecule has 6 nitrogen and oxygen atoms in total. The summed E-state index contributed by atoms with van der Waals surface area (Å²) >= 11 is 0. The van der Waals surface area contributed by atoms with Crippen molar-refractivity contribution < 1.29 is 14.6 Å². The van der Waals surface area contributed by atoms with E-state index in [1.165, 1.54) is 0 Å². The number of ether oxygens (including phenoxy) is 1. The fraction of sp³-hybridized carbons (Fsp3) is 0.571. The first-order chi connectivity index (χ1) is 9.45. The van der Waals surface area contributed by atoms with Crippen molar-refractivity contribution in [1.82, 2.24) is 9.88 Å². The number of amides is 1. The van der Waals surface area contributed by atoms with Gasteiger partial charge in [0.2, 0.25) is 0 Å². The largest absolute Gasteiger partial charge is 0.394 e. The van der Waals surface area contributed by atoms with Gasteiger partial charge in [0.25, 0.3) is 5.91 Å². The van der Waals surface area contributed by atoms with E-state index in [4.69, 9.17) is 4.74 Å². The van der Waals surface area contributed by atoms with Crippen LogP contribution in [0, 0.1) is 0 Å². The Morgan fingerprint density at radius 2 is 2.35 bits per heavy atom. The van der Waals surface area contributed by atoms with E-state index in [1.54, 1.807) is 24.2 Å². The second-order valence-corrected chi connectivity index (χ2v) is 5.55. The summed E-state index contributed by atoms with van der Waals surface area (Å²) in [6, 6.07) is 3.51. The fourth-order valence-corrected chi connectivity index (χ4v) is 2.38. The molecule has 0 bridgehead atoms. The van der Waals surface area contributed by atoms with E-state index in [2.05, 4.69) is 10.3 Å². The first-order valence-corrected chi connectivity index (χ1v) is 6.67. The molecule has 2 N–H and O–H groups in total. The van der Waals surface area contributed by atoms with Crippen LogP contribution in [0.2, 0.25) is 0 Å². The molecule has 2 rings (SSSR count). The van der Waals surface area contributed by atoms with Crippen molar-refractivity contribution in [3.05, 3.63) is 24.0 Å². The maximum atomic E-state index is 12.5. The lowest BCUT2D eigenvalue weighted by atomic mass is 10.0. The molecular weight excluding hydrogens is 258 g/mol. The molecule has 1 aliphatic rings. The molecule has 20 heavy (non-hydrogen) atoms. The molecule has 2 heterocycles. The summed E-state index contributed by atoms with van der Waals surface area (Å²) in [6.07, 6.45) is 1.28. The molecule has 0 saturated carbocycles. The van der Waals surface area contributed by atoms with E-state index >= 15 is 0 Å². The normalized spacial score (nSPS) is 21.6. The highest BCUT2D eigenvalue weighted by Crippen LogP contribution is 2.22. The molecule has 1 saturated heterocycles. The van der Waals surface area contributed by atoms with Gasteiger partial charge in [-0.1, -0.05) is 0 Å². The SMILES string of the molecule is CNc1ccc(C(=O)N2CC(CO)OC(C)(C)C2)nc1. The summed E-state index contributed by atoms with van der Waals surface area (Å²) < 4.78 is 5.70. The minimum Gasteiger partial charge on any atom is -0.394 e. The van der Waals surface area contributed by atoms with Crippen LogP contribution in [-0.4, -0.2) is 59.3 Å². The maximum Gasteiger partial charge on any atom is 0.272 e. The summed E-state index contributed by atoms with van der Waals surface area (Å²) in [7, 11) is 1.80. The van der Waals surface area contributed by atoms with Gasteiger partial charge in [-0.2, -0.15) is 0 Å². The molecule has 1 fully saturated rings. The van der Waals surface area contributed by atoms with E-state index < -0.39 is 5.60 Å². The first-order valence-electron chi connectivity index (χ1n) is 6.67. The van der Waals surface area contributed by atoms with Gasteiger partial charge in [0.15, 0.2) is 0 Å². The van der Waals surface area contributed by atoms with E-state index in [0.717, 1.165) is 5.69 Å². The zero-order valence-corrected chi connectivity index (χ0v) is 12.1. The highest BCUT2D eigenvalue weighted by Gasteiger charge is 2.35. The first kappa shape index (κ1) is 14.7. The topological polar surface area (TPSA) is 74.7 Å². The van der Waals surface area contributed by atoms with Crippen LogP contribution in [0.3, 0.4) is 0 Å². The van der Waals surface area contributed by atoms with Crippen molar-refractivity contribution in [2.24, 2.45) is 0 Å². The predicted octanol–water partition coefficient (Wildman–Crippen LogP) is 0.735. The van der Waals surface area contributed by atoms with Gasteiger partial charge >= 0.3 is 0 Å². The smallest absolute Gasteiger partial charge is 0.272 e. The lowest BCUT2D eigenvalue weighted by molar-refractivity contribution is -0.139. The van der Waals surface area contributed by atoms with Gasteiger partial charge in [0.05, 0.1) is 30.2 Å². The highest BCUT2D eigenvalue weighted by atomic mass is 16.5. The Morgan fingerprint density at radius 1 is 1.60 bits per heavy atom. The summed E-state index contributed by atoms with van der Waals surface area (Å²) in [5.41, 5.74) is 0.794. The fourth-order valence-electron chi connectivity index (χ4n) is 2.38. The Labute approximate surface area is 118 Å². The minimum atomic E-state index is -0.466. The molecule has 1 amide bonds. The second-order valence-electron chi connectivity index (χ2n) is 5.55. The monoisotopic (exact) mass is 279 g/mol. The number of morpholine rings is 1. The van der Waals surface area contributed by atoms with Gasteiger partial charge in [0, 0.05) is 20.1 Å². The number of carbonyl (C=O) groups is 1.